The van der Waals surface area contributed by atoms with E-state index < -0.39 is 16.8 Å². The summed E-state index contributed by atoms with van der Waals surface area (Å²) in [4.78, 5) is 36.4. The van der Waals surface area contributed by atoms with Crippen molar-refractivity contribution >= 4 is 17.6 Å². The van der Waals surface area contributed by atoms with Crippen LogP contribution < -0.4 is 9.47 Å². The lowest BCUT2D eigenvalue weighted by molar-refractivity contribution is -0.384. The number of ether oxygens (including phenoxy) is 3. The van der Waals surface area contributed by atoms with Gasteiger partial charge in [0.15, 0.2) is 0 Å². The molecule has 0 N–H and O–H groups in total. The maximum Gasteiger partial charge on any atom is 0.338 e. The van der Waals surface area contributed by atoms with Gasteiger partial charge in [-0.15, -0.1) is 0 Å². The van der Waals surface area contributed by atoms with E-state index in [1.54, 1.807) is 45.3 Å². The molecule has 0 saturated heterocycles. The number of nitro benzene ring substituents is 1. The minimum absolute atomic E-state index is 0.0224. The summed E-state index contributed by atoms with van der Waals surface area (Å²) in [5.41, 5.74) is -0.386. The molecule has 0 aromatic heterocycles. The predicted molar refractivity (Wildman–Crippen MR) is 105 cm³/mol. The average Bonchev–Trinajstić information content (AvgIpc) is 2.73. The van der Waals surface area contributed by atoms with E-state index in [4.69, 9.17) is 14.2 Å². The molecule has 9 heteroatoms. The minimum Gasteiger partial charge on any atom is -0.497 e. The summed E-state index contributed by atoms with van der Waals surface area (Å²) >= 11 is 0. The Morgan fingerprint density at radius 3 is 2.28 bits per heavy atom. The second-order valence-corrected chi connectivity index (χ2v) is 6.00. The SMILES string of the molecule is CCOC(=O)c1cc(C(=O)N(C)CCOc2ccc(OC)cc2)cc([N+](=O)[O-])c1. The maximum atomic E-state index is 12.7. The molecule has 2 aromatic rings. The molecule has 2 aromatic carbocycles. The van der Waals surface area contributed by atoms with Gasteiger partial charge in [0.25, 0.3) is 11.6 Å². The fourth-order valence-corrected chi connectivity index (χ4v) is 2.47. The van der Waals surface area contributed by atoms with Crippen molar-refractivity contribution in [3.8, 4) is 11.5 Å². The number of non-ortho nitro benzene ring substituents is 1. The Bertz CT molecular complexity index is 881. The van der Waals surface area contributed by atoms with Crippen LogP contribution in [0.15, 0.2) is 42.5 Å². The number of likely N-dealkylation sites (N-methyl/N-ethyl adjacent to an activating group) is 1. The topological polar surface area (TPSA) is 108 Å². The highest BCUT2D eigenvalue weighted by atomic mass is 16.6. The first-order chi connectivity index (χ1) is 13.8. The van der Waals surface area contributed by atoms with Gasteiger partial charge in [-0.2, -0.15) is 0 Å². The zero-order valence-corrected chi connectivity index (χ0v) is 16.4. The second kappa shape index (κ2) is 10.1. The van der Waals surface area contributed by atoms with E-state index in [1.165, 1.54) is 11.0 Å². The van der Waals surface area contributed by atoms with Gasteiger partial charge in [-0.1, -0.05) is 0 Å². The zero-order chi connectivity index (χ0) is 21.4. The Kier molecular flexibility index (Phi) is 7.53. The first kappa shape index (κ1) is 21.7. The summed E-state index contributed by atoms with van der Waals surface area (Å²) in [6.07, 6.45) is 0. The van der Waals surface area contributed by atoms with Crippen molar-refractivity contribution in [2.75, 3.05) is 33.9 Å². The van der Waals surface area contributed by atoms with Crippen LogP contribution in [-0.4, -0.2) is 55.6 Å². The van der Waals surface area contributed by atoms with E-state index >= 15 is 0 Å². The minimum atomic E-state index is -0.726. The van der Waals surface area contributed by atoms with Crippen LogP contribution in [0.1, 0.15) is 27.6 Å². The van der Waals surface area contributed by atoms with Crippen LogP contribution in [0.25, 0.3) is 0 Å². The third-order valence-corrected chi connectivity index (χ3v) is 3.99. The quantitative estimate of drug-likeness (QED) is 0.360. The number of carbonyl (C=O) groups excluding carboxylic acids is 2. The van der Waals surface area contributed by atoms with Crippen molar-refractivity contribution in [3.05, 3.63) is 63.7 Å². The fourth-order valence-electron chi connectivity index (χ4n) is 2.47. The maximum absolute atomic E-state index is 12.7. The van der Waals surface area contributed by atoms with Gasteiger partial charge in [0, 0.05) is 24.7 Å². The molecule has 0 aliphatic heterocycles. The van der Waals surface area contributed by atoms with Gasteiger partial charge < -0.3 is 19.1 Å². The summed E-state index contributed by atoms with van der Waals surface area (Å²) in [5.74, 6) is 0.118. The summed E-state index contributed by atoms with van der Waals surface area (Å²) in [5, 5.41) is 11.2. The van der Waals surface area contributed by atoms with E-state index in [9.17, 15) is 19.7 Å². The number of hydrogen-bond acceptors (Lipinski definition) is 7. The van der Waals surface area contributed by atoms with Gasteiger partial charge in [0.05, 0.1) is 30.7 Å². The molecule has 0 saturated carbocycles. The molecular weight excluding hydrogens is 380 g/mol. The molecule has 1 amide bonds. The van der Waals surface area contributed by atoms with Gasteiger partial charge in [0.1, 0.15) is 18.1 Å². The van der Waals surface area contributed by atoms with Crippen molar-refractivity contribution in [2.45, 2.75) is 6.92 Å². The third-order valence-electron chi connectivity index (χ3n) is 3.99. The average molecular weight is 402 g/mol. The summed E-state index contributed by atoms with van der Waals surface area (Å²) in [6.45, 7) is 2.20. The van der Waals surface area contributed by atoms with E-state index in [2.05, 4.69) is 0 Å². The molecule has 0 atom stereocenters. The van der Waals surface area contributed by atoms with Crippen LogP contribution >= 0.6 is 0 Å². The first-order valence-corrected chi connectivity index (χ1v) is 8.84. The molecule has 2 rings (SSSR count). The highest BCUT2D eigenvalue weighted by Crippen LogP contribution is 2.20. The van der Waals surface area contributed by atoms with Crippen molar-refractivity contribution in [1.82, 2.24) is 4.90 Å². The summed E-state index contributed by atoms with van der Waals surface area (Å²) in [7, 11) is 3.11. The highest BCUT2D eigenvalue weighted by molar-refractivity contribution is 5.98. The molecular formula is C20H22N2O7. The monoisotopic (exact) mass is 402 g/mol. The highest BCUT2D eigenvalue weighted by Gasteiger charge is 2.20. The molecule has 0 aliphatic carbocycles. The molecule has 0 fully saturated rings. The standard InChI is InChI=1S/C20H22N2O7/c1-4-28-20(24)15-11-14(12-16(13-15)22(25)26)19(23)21(2)9-10-29-18-7-5-17(27-3)6-8-18/h5-8,11-13H,4,9-10H2,1-3H3. The molecule has 0 aliphatic rings. The van der Waals surface area contributed by atoms with Gasteiger partial charge in [-0.25, -0.2) is 4.79 Å². The molecule has 9 nitrogen and oxygen atoms in total. The van der Waals surface area contributed by atoms with Crippen LogP contribution in [-0.2, 0) is 4.74 Å². The van der Waals surface area contributed by atoms with Gasteiger partial charge in [-0.3, -0.25) is 14.9 Å². The molecule has 29 heavy (non-hydrogen) atoms. The number of nitro groups is 1. The Morgan fingerprint density at radius 1 is 1.07 bits per heavy atom. The van der Waals surface area contributed by atoms with E-state index in [0.717, 1.165) is 12.1 Å². The summed E-state index contributed by atoms with van der Waals surface area (Å²) in [6, 6.07) is 10.5. The number of rotatable bonds is 9. The zero-order valence-electron chi connectivity index (χ0n) is 16.4. The molecule has 0 radical (unpaired) electrons. The van der Waals surface area contributed by atoms with Crippen molar-refractivity contribution in [1.29, 1.82) is 0 Å². The normalized spacial score (nSPS) is 10.2. The van der Waals surface area contributed by atoms with Gasteiger partial charge in [-0.05, 0) is 37.3 Å². The van der Waals surface area contributed by atoms with Crippen LogP contribution in [0.5, 0.6) is 11.5 Å². The number of hydrogen-bond donors (Lipinski definition) is 0. The molecule has 0 heterocycles. The number of methoxy groups -OCH3 is 1. The molecule has 0 unspecified atom stereocenters. The van der Waals surface area contributed by atoms with Crippen LogP contribution in [0, 0.1) is 10.1 Å². The Hall–Kier alpha value is -3.62. The van der Waals surface area contributed by atoms with Gasteiger partial charge in [0.2, 0.25) is 0 Å². The van der Waals surface area contributed by atoms with Crippen LogP contribution in [0.3, 0.4) is 0 Å². The molecule has 0 spiro atoms. The van der Waals surface area contributed by atoms with Crippen LogP contribution in [0.4, 0.5) is 5.69 Å². The molecule has 0 bridgehead atoms. The summed E-state index contributed by atoms with van der Waals surface area (Å²) < 4.78 is 15.5. The predicted octanol–water partition coefficient (Wildman–Crippen LogP) is 2.93. The fraction of sp³-hybridized carbons (Fsp3) is 0.300. The number of benzene rings is 2. The van der Waals surface area contributed by atoms with Crippen molar-refractivity contribution in [2.24, 2.45) is 0 Å². The van der Waals surface area contributed by atoms with Crippen LogP contribution in [0.2, 0.25) is 0 Å². The molecule has 154 valence electrons. The number of amides is 1. The largest absolute Gasteiger partial charge is 0.497 e. The van der Waals surface area contributed by atoms with E-state index in [1.807, 2.05) is 0 Å². The number of nitrogens with zero attached hydrogens (tertiary/aromatic N) is 2. The lowest BCUT2D eigenvalue weighted by Crippen LogP contribution is -2.31. The third kappa shape index (κ3) is 5.93. The van der Waals surface area contributed by atoms with E-state index in [0.29, 0.717) is 11.5 Å². The van der Waals surface area contributed by atoms with Crippen molar-refractivity contribution in [3.63, 3.8) is 0 Å². The lowest BCUT2D eigenvalue weighted by Gasteiger charge is -2.18. The van der Waals surface area contributed by atoms with Crippen molar-refractivity contribution < 1.29 is 28.7 Å². The Balaban J connectivity index is 2.06. The van der Waals surface area contributed by atoms with E-state index in [-0.39, 0.29) is 36.6 Å². The van der Waals surface area contributed by atoms with Gasteiger partial charge >= 0.3 is 5.97 Å². The second-order valence-electron chi connectivity index (χ2n) is 6.00. The Morgan fingerprint density at radius 2 is 1.69 bits per heavy atom. The lowest BCUT2D eigenvalue weighted by atomic mass is 10.1. The number of carbonyl (C=O) groups is 2. The number of esters is 1. The smallest absolute Gasteiger partial charge is 0.338 e. The first-order valence-electron chi connectivity index (χ1n) is 8.84. The Labute approximate surface area is 167 Å².